The van der Waals surface area contributed by atoms with Gasteiger partial charge in [0.15, 0.2) is 16.6 Å². The van der Waals surface area contributed by atoms with Crippen LogP contribution >= 0.6 is 0 Å². The predicted octanol–water partition coefficient (Wildman–Crippen LogP) is 7.91. The van der Waals surface area contributed by atoms with Gasteiger partial charge in [-0.15, -0.1) is 0 Å². The average Bonchev–Trinajstić information content (AvgIpc) is 3.23. The summed E-state index contributed by atoms with van der Waals surface area (Å²) in [5.74, 6) is 0.226. The Morgan fingerprint density at radius 1 is 0.407 bits per heavy atom. The number of Topliss-reactive ketones (excluding diaryl/α,β-unsaturated/α-hetero) is 1. The lowest BCUT2D eigenvalue weighted by Gasteiger charge is -2.35. The highest BCUT2D eigenvalue weighted by Crippen LogP contribution is 2.27. The fourth-order valence-electron chi connectivity index (χ4n) is 5.81. The Morgan fingerprint density at radius 2 is 0.746 bits per heavy atom. The first-order valence-corrected chi connectivity index (χ1v) is 34.6. The van der Waals surface area contributed by atoms with E-state index in [0.717, 1.165) is 88.0 Å². The van der Waals surface area contributed by atoms with Gasteiger partial charge in [0.2, 0.25) is 0 Å². The lowest BCUT2D eigenvalue weighted by molar-refractivity contribution is -0.117. The number of carbonyl (C=O) groups excluding carboxylic acids is 1. The van der Waals surface area contributed by atoms with Crippen molar-refractivity contribution < 1.29 is 71.5 Å². The van der Waals surface area contributed by atoms with Gasteiger partial charge in [-0.05, 0) is 84.2 Å². The Labute approximate surface area is 368 Å². The highest BCUT2D eigenvalue weighted by atomic mass is 28.4. The molecule has 0 radical (unpaired) electrons. The Balaban J connectivity index is -0.000000357. The first-order chi connectivity index (χ1) is 27.7. The third-order valence-electron chi connectivity index (χ3n) is 9.52. The molecule has 0 amide bonds. The fourth-order valence-corrected chi connectivity index (χ4v) is 23.7. The minimum atomic E-state index is -2.49. The monoisotopic (exact) mass is 961 g/mol. The maximum Gasteiger partial charge on any atom is 0.500 e. The van der Waals surface area contributed by atoms with Crippen molar-refractivity contribution in [2.75, 3.05) is 112 Å². The molecule has 59 heavy (non-hydrogen) atoms. The van der Waals surface area contributed by atoms with Crippen LogP contribution in [-0.2, 0) is 71.5 Å². The number of ether oxygens (including phenoxy) is 2. The number of carbonyl (C=O) groups is 1. The molecule has 0 aliphatic carbocycles. The van der Waals surface area contributed by atoms with Crippen molar-refractivity contribution in [1.82, 2.24) is 0 Å². The zero-order valence-corrected chi connectivity index (χ0v) is 47.3. The van der Waals surface area contributed by atoms with Crippen molar-refractivity contribution >= 4 is 57.6 Å². The van der Waals surface area contributed by atoms with E-state index >= 15 is 0 Å². The summed E-state index contributed by atoms with van der Waals surface area (Å²) in [6.07, 6.45) is 6.64. The van der Waals surface area contributed by atoms with E-state index in [1.807, 2.05) is 6.92 Å². The van der Waals surface area contributed by atoms with E-state index in [2.05, 4.69) is 33.1 Å². The molecule has 0 N–H and O–H groups in total. The summed E-state index contributed by atoms with van der Waals surface area (Å²) in [4.78, 5) is 10.7. The molecule has 360 valence electrons. The SMILES string of the molecule is CCCC[Si](OC)(OC)OC.CCOCCC[Si](C)(C)O[Si](C)(C)CC[Si](OC)(OC)OC.COCCC[Si](OC)(OC)OC.CO[Si](CCCCC(C)=O)(OC)OC. The highest BCUT2D eigenvalue weighted by molar-refractivity contribution is 6.85. The van der Waals surface area contributed by atoms with E-state index in [-0.39, 0.29) is 5.78 Å². The van der Waals surface area contributed by atoms with Crippen LogP contribution in [0.3, 0.4) is 0 Å². The first-order valence-electron chi connectivity index (χ1n) is 20.6. The van der Waals surface area contributed by atoms with Crippen LogP contribution in [0, 0.1) is 0 Å². The molecule has 0 saturated carbocycles. The highest BCUT2D eigenvalue weighted by Gasteiger charge is 2.42. The molecular weight excluding hydrogens is 869 g/mol. The topological polar surface area (TPSA) is 156 Å². The molecule has 16 nitrogen and oxygen atoms in total. The zero-order chi connectivity index (χ0) is 46.5. The molecule has 0 aliphatic rings. The lowest BCUT2D eigenvalue weighted by atomic mass is 10.2. The molecule has 0 atom stereocenters. The molecule has 0 heterocycles. The molecule has 0 spiro atoms. The van der Waals surface area contributed by atoms with E-state index in [0.29, 0.717) is 13.0 Å². The Kier molecular flexibility index (Phi) is 43.4. The predicted molar refractivity (Wildman–Crippen MR) is 249 cm³/mol. The van der Waals surface area contributed by atoms with Crippen LogP contribution in [0.25, 0.3) is 0 Å². The average molecular weight is 962 g/mol. The number of ketones is 1. The largest absolute Gasteiger partial charge is 0.500 e. The summed E-state index contributed by atoms with van der Waals surface area (Å²) < 4.78 is 80.6. The van der Waals surface area contributed by atoms with E-state index < -0.39 is 51.9 Å². The Hall–Kier alpha value is 0.371. The van der Waals surface area contributed by atoms with Crippen LogP contribution in [0.1, 0.15) is 65.7 Å². The smallest absolute Gasteiger partial charge is 0.456 e. The van der Waals surface area contributed by atoms with Gasteiger partial charge >= 0.3 is 35.2 Å². The van der Waals surface area contributed by atoms with Crippen LogP contribution in [0.5, 0.6) is 0 Å². The zero-order valence-electron chi connectivity index (χ0n) is 41.3. The van der Waals surface area contributed by atoms with E-state index in [1.54, 1.807) is 99.4 Å². The number of unbranched alkanes of at least 4 members (excludes halogenated alkanes) is 2. The van der Waals surface area contributed by atoms with Gasteiger partial charge in [0, 0.05) is 143 Å². The van der Waals surface area contributed by atoms with Gasteiger partial charge in [-0.3, -0.25) is 0 Å². The van der Waals surface area contributed by atoms with Crippen LogP contribution in [0.2, 0.25) is 62.5 Å². The summed E-state index contributed by atoms with van der Waals surface area (Å²) in [6, 6.07) is 5.43. The molecule has 0 aromatic carbocycles. The molecule has 0 aromatic heterocycles. The first kappa shape index (κ1) is 66.0. The van der Waals surface area contributed by atoms with Gasteiger partial charge in [0.05, 0.1) is 0 Å². The van der Waals surface area contributed by atoms with Gasteiger partial charge in [-0.2, -0.15) is 0 Å². The molecular formula is C37H92O16Si6. The van der Waals surface area contributed by atoms with Gasteiger partial charge in [0.1, 0.15) is 5.78 Å². The van der Waals surface area contributed by atoms with E-state index in [9.17, 15) is 4.79 Å². The normalized spacial score (nSPS) is 12.5. The number of rotatable bonds is 34. The van der Waals surface area contributed by atoms with Crippen LogP contribution < -0.4 is 0 Å². The van der Waals surface area contributed by atoms with E-state index in [1.165, 1.54) is 0 Å². The van der Waals surface area contributed by atoms with Crippen molar-refractivity contribution in [3.63, 3.8) is 0 Å². The van der Waals surface area contributed by atoms with Crippen LogP contribution in [0.15, 0.2) is 0 Å². The number of hydrogen-bond acceptors (Lipinski definition) is 16. The molecule has 0 unspecified atom stereocenters. The van der Waals surface area contributed by atoms with Crippen LogP contribution in [-0.4, -0.2) is 170 Å². The summed E-state index contributed by atoms with van der Waals surface area (Å²) in [7, 11) is 8.42. The summed E-state index contributed by atoms with van der Waals surface area (Å²) >= 11 is 0. The van der Waals surface area contributed by atoms with Crippen molar-refractivity contribution in [2.24, 2.45) is 0 Å². The molecule has 0 fully saturated rings. The van der Waals surface area contributed by atoms with Crippen LogP contribution in [0.4, 0.5) is 0 Å². The quantitative estimate of drug-likeness (QED) is 0.0453. The second kappa shape index (κ2) is 38.8. The number of hydrogen-bond donors (Lipinski definition) is 0. The molecule has 22 heteroatoms. The molecule has 0 rings (SSSR count). The molecule has 0 aliphatic heterocycles. The van der Waals surface area contributed by atoms with Crippen molar-refractivity contribution in [1.29, 1.82) is 0 Å². The molecule has 0 aromatic rings. The van der Waals surface area contributed by atoms with Gasteiger partial charge in [0.25, 0.3) is 0 Å². The summed E-state index contributed by atoms with van der Waals surface area (Å²) in [5.41, 5.74) is 0. The summed E-state index contributed by atoms with van der Waals surface area (Å²) in [5, 5.41) is 0. The van der Waals surface area contributed by atoms with Crippen molar-refractivity contribution in [3.8, 4) is 0 Å². The van der Waals surface area contributed by atoms with Gasteiger partial charge in [-0.25, -0.2) is 0 Å². The third kappa shape index (κ3) is 32.7. The maximum atomic E-state index is 10.7. The maximum absolute atomic E-state index is 10.7. The minimum absolute atomic E-state index is 0.226. The second-order valence-corrected chi connectivity index (χ2v) is 35.9. The standard InChI is InChI=1S/C14H36O5Si3.C9H20O4Si.C7H18O4Si.C7H18O3Si/c1-9-18-11-10-12-20(5,6)19-21(7,8)13-14-22(15-2,16-3)17-4;1-9(10)7-5-6-8-14(11-2,12-3)13-4;1-8-6-5-7-12(9-2,10-3)11-4;1-5-6-7-11(8-2,9-3)10-4/h9-14H2,1-8H3;5-8H2,1-4H3;5-7H2,1-4H3;5-7H2,1-4H3. The number of methoxy groups -OCH3 is 1. The molecule has 0 bridgehead atoms. The lowest BCUT2D eigenvalue weighted by Crippen LogP contribution is -2.48. The Morgan fingerprint density at radius 3 is 1.08 bits per heavy atom. The minimum Gasteiger partial charge on any atom is -0.456 e. The molecule has 0 saturated heterocycles. The van der Waals surface area contributed by atoms with Gasteiger partial charge in [-0.1, -0.05) is 13.3 Å². The third-order valence-corrected chi connectivity index (χ3v) is 28.7. The summed E-state index contributed by atoms with van der Waals surface area (Å²) in [6.45, 7) is 17.3. The fraction of sp³-hybridized carbons (Fsp3) is 0.973. The van der Waals surface area contributed by atoms with Crippen molar-refractivity contribution in [2.45, 2.75) is 128 Å². The van der Waals surface area contributed by atoms with E-state index in [4.69, 9.17) is 66.7 Å². The van der Waals surface area contributed by atoms with Crippen molar-refractivity contribution in [3.05, 3.63) is 0 Å². The van der Waals surface area contributed by atoms with Gasteiger partial charge < -0.3 is 71.5 Å². The Bertz CT molecular complexity index is 909. The second-order valence-electron chi connectivity index (χ2n) is 14.7.